The molecule has 0 fully saturated rings. The van der Waals surface area contributed by atoms with Gasteiger partial charge in [0, 0.05) is 10.8 Å². The van der Waals surface area contributed by atoms with E-state index in [2.05, 4.69) is 34.1 Å². The SMILES string of the molecule is CC(C)(C)C(=O)NCc1nc2ccccc2n1CCOc1cccc2ccccc12. The molecule has 5 heteroatoms. The van der Waals surface area contributed by atoms with Crippen LogP contribution < -0.4 is 10.1 Å². The maximum Gasteiger partial charge on any atom is 0.225 e. The van der Waals surface area contributed by atoms with Gasteiger partial charge >= 0.3 is 0 Å². The largest absolute Gasteiger partial charge is 0.491 e. The molecule has 0 bridgehead atoms. The molecule has 3 aromatic carbocycles. The van der Waals surface area contributed by atoms with Crippen LogP contribution in [0.3, 0.4) is 0 Å². The second kappa shape index (κ2) is 8.19. The number of ether oxygens (including phenoxy) is 1. The quantitative estimate of drug-likeness (QED) is 0.498. The lowest BCUT2D eigenvalue weighted by Crippen LogP contribution is -2.35. The van der Waals surface area contributed by atoms with Gasteiger partial charge in [0.15, 0.2) is 0 Å². The van der Waals surface area contributed by atoms with Gasteiger partial charge in [-0.15, -0.1) is 0 Å². The van der Waals surface area contributed by atoms with Crippen molar-refractivity contribution in [2.24, 2.45) is 5.41 Å². The first kappa shape index (κ1) is 20.0. The van der Waals surface area contributed by atoms with Crippen molar-refractivity contribution in [3.63, 3.8) is 0 Å². The highest BCUT2D eigenvalue weighted by Gasteiger charge is 2.21. The molecule has 154 valence electrons. The van der Waals surface area contributed by atoms with Gasteiger partial charge in [0.1, 0.15) is 18.2 Å². The van der Waals surface area contributed by atoms with Gasteiger partial charge in [0.05, 0.1) is 24.1 Å². The Balaban J connectivity index is 1.53. The van der Waals surface area contributed by atoms with Crippen LogP contribution in [0.4, 0.5) is 0 Å². The van der Waals surface area contributed by atoms with Crippen molar-refractivity contribution in [2.75, 3.05) is 6.61 Å². The van der Waals surface area contributed by atoms with Crippen molar-refractivity contribution < 1.29 is 9.53 Å². The van der Waals surface area contributed by atoms with E-state index in [-0.39, 0.29) is 5.91 Å². The summed E-state index contributed by atoms with van der Waals surface area (Å²) in [7, 11) is 0. The fourth-order valence-corrected chi connectivity index (χ4v) is 3.50. The molecule has 0 aliphatic rings. The third-order valence-electron chi connectivity index (χ3n) is 5.14. The Morgan fingerprint density at radius 2 is 1.73 bits per heavy atom. The van der Waals surface area contributed by atoms with Crippen LogP contribution in [0.5, 0.6) is 5.75 Å². The topological polar surface area (TPSA) is 56.2 Å². The van der Waals surface area contributed by atoms with Gasteiger partial charge in [-0.25, -0.2) is 4.98 Å². The number of nitrogens with one attached hydrogen (secondary N) is 1. The Morgan fingerprint density at radius 1 is 1.00 bits per heavy atom. The summed E-state index contributed by atoms with van der Waals surface area (Å²) in [6, 6.07) is 22.3. The minimum Gasteiger partial charge on any atom is -0.491 e. The summed E-state index contributed by atoms with van der Waals surface area (Å²) in [4.78, 5) is 17.1. The average molecular weight is 402 g/mol. The van der Waals surface area contributed by atoms with Crippen LogP contribution in [-0.4, -0.2) is 22.1 Å². The van der Waals surface area contributed by atoms with Crippen LogP contribution >= 0.6 is 0 Å². The van der Waals surface area contributed by atoms with Gasteiger partial charge in [-0.05, 0) is 23.6 Å². The summed E-state index contributed by atoms with van der Waals surface area (Å²) in [5, 5.41) is 5.28. The van der Waals surface area contributed by atoms with E-state index in [4.69, 9.17) is 9.72 Å². The fourth-order valence-electron chi connectivity index (χ4n) is 3.50. The number of carbonyl (C=O) groups is 1. The van der Waals surface area contributed by atoms with E-state index in [1.54, 1.807) is 0 Å². The number of fused-ring (bicyclic) bond motifs is 2. The van der Waals surface area contributed by atoms with Gasteiger partial charge in [-0.3, -0.25) is 4.79 Å². The molecule has 0 saturated heterocycles. The second-order valence-electron chi connectivity index (χ2n) is 8.43. The summed E-state index contributed by atoms with van der Waals surface area (Å²) in [6.07, 6.45) is 0. The highest BCUT2D eigenvalue weighted by Crippen LogP contribution is 2.25. The molecule has 4 rings (SSSR count). The molecule has 30 heavy (non-hydrogen) atoms. The zero-order valence-corrected chi connectivity index (χ0v) is 17.7. The normalized spacial score (nSPS) is 11.7. The Kier molecular flexibility index (Phi) is 5.44. The van der Waals surface area contributed by atoms with Crippen LogP contribution in [0.2, 0.25) is 0 Å². The number of benzene rings is 3. The van der Waals surface area contributed by atoms with Crippen LogP contribution in [0, 0.1) is 5.41 Å². The van der Waals surface area contributed by atoms with Gasteiger partial charge in [0.2, 0.25) is 5.91 Å². The summed E-state index contributed by atoms with van der Waals surface area (Å²) in [5.74, 6) is 1.71. The molecule has 0 atom stereocenters. The summed E-state index contributed by atoms with van der Waals surface area (Å²) in [6.45, 7) is 7.26. The smallest absolute Gasteiger partial charge is 0.225 e. The third kappa shape index (κ3) is 4.15. The molecule has 5 nitrogen and oxygen atoms in total. The van der Waals surface area contributed by atoms with Gasteiger partial charge in [-0.1, -0.05) is 69.3 Å². The van der Waals surface area contributed by atoms with Crippen molar-refractivity contribution in [2.45, 2.75) is 33.9 Å². The lowest BCUT2D eigenvalue weighted by Gasteiger charge is -2.18. The van der Waals surface area contributed by atoms with Crippen LogP contribution in [0.15, 0.2) is 66.7 Å². The fraction of sp³-hybridized carbons (Fsp3) is 0.280. The predicted molar refractivity (Wildman–Crippen MR) is 120 cm³/mol. The summed E-state index contributed by atoms with van der Waals surface area (Å²) < 4.78 is 8.27. The number of carbonyl (C=O) groups excluding carboxylic acids is 1. The van der Waals surface area contributed by atoms with Crippen LogP contribution in [0.25, 0.3) is 21.8 Å². The zero-order valence-electron chi connectivity index (χ0n) is 17.7. The molecular weight excluding hydrogens is 374 g/mol. The van der Waals surface area contributed by atoms with Crippen molar-refractivity contribution in [1.82, 2.24) is 14.9 Å². The molecule has 0 aliphatic heterocycles. The summed E-state index contributed by atoms with van der Waals surface area (Å²) >= 11 is 0. The lowest BCUT2D eigenvalue weighted by molar-refractivity contribution is -0.128. The van der Waals surface area contributed by atoms with E-state index in [0.29, 0.717) is 19.7 Å². The molecular formula is C25H27N3O2. The first-order chi connectivity index (χ1) is 14.4. The maximum absolute atomic E-state index is 12.3. The number of rotatable bonds is 6. The standard InChI is InChI=1S/C25H27N3O2/c1-25(2,3)24(29)26-17-23-27-20-12-6-7-13-21(20)28(23)15-16-30-22-14-8-10-18-9-4-5-11-19(18)22/h4-14H,15-17H2,1-3H3,(H,26,29). The first-order valence-corrected chi connectivity index (χ1v) is 10.3. The zero-order chi connectivity index (χ0) is 21.1. The maximum atomic E-state index is 12.3. The van der Waals surface area contributed by atoms with E-state index in [1.165, 1.54) is 0 Å². The monoisotopic (exact) mass is 401 g/mol. The number of amides is 1. The van der Waals surface area contributed by atoms with Crippen LogP contribution in [0.1, 0.15) is 26.6 Å². The highest BCUT2D eigenvalue weighted by atomic mass is 16.5. The summed E-state index contributed by atoms with van der Waals surface area (Å²) in [5.41, 5.74) is 1.52. The van der Waals surface area contributed by atoms with E-state index >= 15 is 0 Å². The Hall–Kier alpha value is -3.34. The van der Waals surface area contributed by atoms with Crippen molar-refractivity contribution in [3.8, 4) is 5.75 Å². The third-order valence-corrected chi connectivity index (χ3v) is 5.14. The molecule has 0 unspecified atom stereocenters. The van der Waals surface area contributed by atoms with E-state index in [0.717, 1.165) is 33.4 Å². The minimum atomic E-state index is -0.436. The Labute approximate surface area is 176 Å². The number of nitrogens with zero attached hydrogens (tertiary/aromatic N) is 2. The number of aromatic nitrogens is 2. The van der Waals surface area contributed by atoms with Crippen molar-refractivity contribution in [1.29, 1.82) is 0 Å². The second-order valence-corrected chi connectivity index (χ2v) is 8.43. The van der Waals surface area contributed by atoms with E-state index in [9.17, 15) is 4.79 Å². The Morgan fingerprint density at radius 3 is 2.57 bits per heavy atom. The van der Waals surface area contributed by atoms with Gasteiger partial charge in [-0.2, -0.15) is 0 Å². The van der Waals surface area contributed by atoms with E-state index in [1.807, 2.05) is 63.2 Å². The van der Waals surface area contributed by atoms with Gasteiger partial charge in [0.25, 0.3) is 0 Å². The molecule has 0 radical (unpaired) electrons. The highest BCUT2D eigenvalue weighted by molar-refractivity contribution is 5.88. The van der Waals surface area contributed by atoms with E-state index < -0.39 is 5.41 Å². The number of hydrogen-bond donors (Lipinski definition) is 1. The molecule has 1 aromatic heterocycles. The molecule has 1 heterocycles. The van der Waals surface area contributed by atoms with Gasteiger partial charge < -0.3 is 14.6 Å². The number of hydrogen-bond acceptors (Lipinski definition) is 3. The average Bonchev–Trinajstić information content (AvgIpc) is 3.09. The lowest BCUT2D eigenvalue weighted by atomic mass is 9.96. The molecule has 0 spiro atoms. The Bertz CT molecular complexity index is 1180. The molecule has 1 N–H and O–H groups in total. The van der Waals surface area contributed by atoms with Crippen LogP contribution in [-0.2, 0) is 17.9 Å². The first-order valence-electron chi connectivity index (χ1n) is 10.3. The van der Waals surface area contributed by atoms with Crippen molar-refractivity contribution >= 4 is 27.7 Å². The molecule has 0 aliphatic carbocycles. The number of imidazole rings is 1. The number of para-hydroxylation sites is 2. The predicted octanol–water partition coefficient (Wildman–Crippen LogP) is 4.93. The molecule has 4 aromatic rings. The molecule has 0 saturated carbocycles. The van der Waals surface area contributed by atoms with Crippen molar-refractivity contribution in [3.05, 3.63) is 72.6 Å². The minimum absolute atomic E-state index is 0.00751. The molecule has 1 amide bonds.